The second kappa shape index (κ2) is 5.26. The second-order valence-electron chi connectivity index (χ2n) is 3.68. The van der Waals surface area contributed by atoms with Crippen molar-refractivity contribution in [2.75, 3.05) is 6.54 Å². The van der Waals surface area contributed by atoms with Crippen molar-refractivity contribution in [1.29, 1.82) is 5.26 Å². The summed E-state index contributed by atoms with van der Waals surface area (Å²) in [7, 11) is 0. The van der Waals surface area contributed by atoms with Crippen LogP contribution < -0.4 is 5.32 Å². The lowest BCUT2D eigenvalue weighted by Crippen LogP contribution is -2.28. The fourth-order valence-electron chi connectivity index (χ4n) is 1.21. The summed E-state index contributed by atoms with van der Waals surface area (Å²) in [5.41, 5.74) is 0.450. The molecule has 16 heavy (non-hydrogen) atoms. The molecule has 0 saturated carbocycles. The van der Waals surface area contributed by atoms with E-state index in [9.17, 15) is 9.18 Å². The first-order valence-electron chi connectivity index (χ1n) is 4.99. The van der Waals surface area contributed by atoms with E-state index in [2.05, 4.69) is 5.32 Å². The number of nitrogens with one attached hydrogen (secondary N) is 1. The number of hydrogen-bond acceptors (Lipinski definition) is 2. The monoisotopic (exact) mass is 220 g/mol. The third kappa shape index (κ3) is 2.80. The number of carbonyl (C=O) groups is 1. The average Bonchev–Trinajstić information content (AvgIpc) is 2.29. The van der Waals surface area contributed by atoms with Crippen LogP contribution in [0.3, 0.4) is 0 Å². The summed E-state index contributed by atoms with van der Waals surface area (Å²) in [4.78, 5) is 11.6. The van der Waals surface area contributed by atoms with Gasteiger partial charge in [-0.1, -0.05) is 12.1 Å². The average molecular weight is 220 g/mol. The molecule has 0 spiro atoms. The zero-order chi connectivity index (χ0) is 12.1. The van der Waals surface area contributed by atoms with Crippen molar-refractivity contribution in [3.63, 3.8) is 0 Å². The Morgan fingerprint density at radius 3 is 2.94 bits per heavy atom. The van der Waals surface area contributed by atoms with Gasteiger partial charge in [0.1, 0.15) is 5.82 Å². The summed E-state index contributed by atoms with van der Waals surface area (Å²) >= 11 is 0. The van der Waals surface area contributed by atoms with Gasteiger partial charge in [0, 0.05) is 6.54 Å². The molecule has 1 unspecified atom stereocenters. The van der Waals surface area contributed by atoms with Gasteiger partial charge in [-0.25, -0.2) is 4.39 Å². The van der Waals surface area contributed by atoms with Gasteiger partial charge in [0.05, 0.1) is 17.6 Å². The number of nitriles is 1. The van der Waals surface area contributed by atoms with E-state index in [4.69, 9.17) is 5.26 Å². The van der Waals surface area contributed by atoms with Crippen LogP contribution in [-0.4, -0.2) is 12.5 Å². The van der Waals surface area contributed by atoms with E-state index in [1.165, 1.54) is 6.07 Å². The van der Waals surface area contributed by atoms with E-state index in [-0.39, 0.29) is 18.0 Å². The summed E-state index contributed by atoms with van der Waals surface area (Å²) in [6, 6.07) is 6.64. The Balaban J connectivity index is 2.75. The summed E-state index contributed by atoms with van der Waals surface area (Å²) in [6.07, 6.45) is 0. The second-order valence-corrected chi connectivity index (χ2v) is 3.68. The molecule has 4 heteroatoms. The Morgan fingerprint density at radius 1 is 1.62 bits per heavy atom. The van der Waals surface area contributed by atoms with Gasteiger partial charge in [-0.15, -0.1) is 0 Å². The number of aryl methyl sites for hydroxylation is 1. The standard InChI is InChI=1S/C12H13FN2O/c1-8(6-14)7-15-12(16)10-5-3-4-9(2)11(10)13/h3-5,8H,7H2,1-2H3,(H,15,16). The molecule has 3 nitrogen and oxygen atoms in total. The molecule has 1 N–H and O–H groups in total. The molecule has 0 aromatic heterocycles. The van der Waals surface area contributed by atoms with Gasteiger partial charge in [-0.2, -0.15) is 5.26 Å². The number of benzene rings is 1. The minimum Gasteiger partial charge on any atom is -0.351 e. The van der Waals surface area contributed by atoms with Gasteiger partial charge >= 0.3 is 0 Å². The van der Waals surface area contributed by atoms with E-state index in [1.807, 2.05) is 6.07 Å². The first-order valence-corrected chi connectivity index (χ1v) is 4.99. The topological polar surface area (TPSA) is 52.9 Å². The van der Waals surface area contributed by atoms with Crippen LogP contribution in [0.5, 0.6) is 0 Å². The van der Waals surface area contributed by atoms with E-state index >= 15 is 0 Å². The Morgan fingerprint density at radius 2 is 2.31 bits per heavy atom. The third-order valence-corrected chi connectivity index (χ3v) is 2.23. The van der Waals surface area contributed by atoms with Crippen molar-refractivity contribution >= 4 is 5.91 Å². The Hall–Kier alpha value is -1.89. The van der Waals surface area contributed by atoms with E-state index in [1.54, 1.807) is 26.0 Å². The number of amides is 1. The maximum absolute atomic E-state index is 13.5. The highest BCUT2D eigenvalue weighted by Crippen LogP contribution is 2.11. The van der Waals surface area contributed by atoms with Crippen LogP contribution in [0.25, 0.3) is 0 Å². The molecular formula is C12H13FN2O. The van der Waals surface area contributed by atoms with E-state index in [0.29, 0.717) is 5.56 Å². The highest BCUT2D eigenvalue weighted by Gasteiger charge is 2.13. The molecule has 0 aliphatic carbocycles. The van der Waals surface area contributed by atoms with Gasteiger partial charge in [0.2, 0.25) is 0 Å². The summed E-state index contributed by atoms with van der Waals surface area (Å²) in [5, 5.41) is 11.1. The summed E-state index contributed by atoms with van der Waals surface area (Å²) < 4.78 is 13.5. The third-order valence-electron chi connectivity index (χ3n) is 2.23. The van der Waals surface area contributed by atoms with Crippen LogP contribution in [-0.2, 0) is 0 Å². The van der Waals surface area contributed by atoms with Crippen molar-refractivity contribution in [1.82, 2.24) is 5.32 Å². The fourth-order valence-corrected chi connectivity index (χ4v) is 1.21. The number of rotatable bonds is 3. The SMILES string of the molecule is Cc1cccc(C(=O)NCC(C)C#N)c1F. The number of hydrogen-bond donors (Lipinski definition) is 1. The molecule has 1 amide bonds. The minimum absolute atomic E-state index is 0.0186. The normalized spacial score (nSPS) is 11.6. The van der Waals surface area contributed by atoms with Crippen LogP contribution in [0.2, 0.25) is 0 Å². The van der Waals surface area contributed by atoms with Crippen LogP contribution in [0.1, 0.15) is 22.8 Å². The fraction of sp³-hybridized carbons (Fsp3) is 0.333. The van der Waals surface area contributed by atoms with Gasteiger partial charge < -0.3 is 5.32 Å². The minimum atomic E-state index is -0.510. The zero-order valence-corrected chi connectivity index (χ0v) is 9.25. The lowest BCUT2D eigenvalue weighted by Gasteiger charge is -2.07. The van der Waals surface area contributed by atoms with Crippen LogP contribution in [0.15, 0.2) is 18.2 Å². The molecule has 0 aliphatic heterocycles. The van der Waals surface area contributed by atoms with Crippen molar-refractivity contribution in [3.05, 3.63) is 35.1 Å². The number of nitrogens with zero attached hydrogens (tertiary/aromatic N) is 1. The first-order chi connectivity index (χ1) is 7.56. The molecular weight excluding hydrogens is 207 g/mol. The molecule has 1 rings (SSSR count). The Kier molecular flexibility index (Phi) is 4.01. The van der Waals surface area contributed by atoms with Crippen LogP contribution in [0, 0.1) is 30.0 Å². The van der Waals surface area contributed by atoms with Crippen LogP contribution >= 0.6 is 0 Å². The van der Waals surface area contributed by atoms with Gasteiger partial charge in [-0.05, 0) is 25.5 Å². The first kappa shape index (κ1) is 12.2. The van der Waals surface area contributed by atoms with Gasteiger partial charge in [0.15, 0.2) is 0 Å². The van der Waals surface area contributed by atoms with Gasteiger partial charge in [0.25, 0.3) is 5.91 Å². The van der Waals surface area contributed by atoms with Crippen molar-refractivity contribution < 1.29 is 9.18 Å². The largest absolute Gasteiger partial charge is 0.351 e. The highest BCUT2D eigenvalue weighted by atomic mass is 19.1. The predicted octanol–water partition coefficient (Wildman–Crippen LogP) is 2.02. The maximum atomic E-state index is 13.5. The molecule has 0 bridgehead atoms. The Bertz CT molecular complexity index is 437. The van der Waals surface area contributed by atoms with E-state index in [0.717, 1.165) is 0 Å². The predicted molar refractivity (Wildman–Crippen MR) is 58.2 cm³/mol. The van der Waals surface area contributed by atoms with Gasteiger partial charge in [-0.3, -0.25) is 4.79 Å². The lowest BCUT2D eigenvalue weighted by molar-refractivity contribution is 0.0946. The molecule has 0 aliphatic rings. The van der Waals surface area contributed by atoms with Crippen molar-refractivity contribution in [2.24, 2.45) is 5.92 Å². The van der Waals surface area contributed by atoms with Crippen molar-refractivity contribution in [2.45, 2.75) is 13.8 Å². The lowest BCUT2D eigenvalue weighted by atomic mass is 10.1. The number of halogens is 1. The summed E-state index contributed by atoms with van der Waals surface area (Å²) in [5.74, 6) is -1.27. The molecule has 0 heterocycles. The van der Waals surface area contributed by atoms with E-state index < -0.39 is 11.7 Å². The van der Waals surface area contributed by atoms with Crippen molar-refractivity contribution in [3.8, 4) is 6.07 Å². The molecule has 0 fully saturated rings. The molecule has 0 radical (unpaired) electrons. The molecule has 1 aromatic carbocycles. The quantitative estimate of drug-likeness (QED) is 0.847. The molecule has 1 atom stereocenters. The van der Waals surface area contributed by atoms with Crippen LogP contribution in [0.4, 0.5) is 4.39 Å². The molecule has 84 valence electrons. The maximum Gasteiger partial charge on any atom is 0.254 e. The smallest absolute Gasteiger partial charge is 0.254 e. The highest BCUT2D eigenvalue weighted by molar-refractivity contribution is 5.94. The molecule has 0 saturated heterocycles. The molecule has 1 aromatic rings. The zero-order valence-electron chi connectivity index (χ0n) is 9.25. The Labute approximate surface area is 93.9 Å². The summed E-state index contributed by atoms with van der Waals surface area (Å²) in [6.45, 7) is 3.51. The number of carbonyl (C=O) groups excluding carboxylic acids is 1.